The van der Waals surface area contributed by atoms with Gasteiger partial charge in [-0.3, -0.25) is 4.79 Å². The first-order valence-electron chi connectivity index (χ1n) is 7.50. The van der Waals surface area contributed by atoms with Crippen LogP contribution in [0.1, 0.15) is 28.9 Å². The number of nitrogens with one attached hydrogen (secondary N) is 1. The molecule has 1 aromatic carbocycles. The van der Waals surface area contributed by atoms with E-state index in [1.807, 2.05) is 48.9 Å². The van der Waals surface area contributed by atoms with Gasteiger partial charge in [-0.15, -0.1) is 0 Å². The maximum atomic E-state index is 12.4. The molecule has 3 aromatic rings. The zero-order valence-electron chi connectivity index (χ0n) is 13.5. The Bertz CT molecular complexity index is 858. The van der Waals surface area contributed by atoms with Crippen LogP contribution in [0.15, 0.2) is 46.9 Å². The predicted molar refractivity (Wildman–Crippen MR) is 88.3 cm³/mol. The topological polar surface area (TPSA) is 67.4 Å². The standard InChI is InChI=1S/C18H20N2O3/c1-12-8-9-16(23-12)18(2,22)11-19-17(21)15-10-13-6-4-5-7-14(13)20(15)3/h4-10,22H,11H2,1-3H3,(H,19,21). The fourth-order valence-corrected chi connectivity index (χ4v) is 2.66. The van der Waals surface area contributed by atoms with Gasteiger partial charge in [-0.05, 0) is 38.1 Å². The minimum absolute atomic E-state index is 0.0698. The molecule has 2 heterocycles. The molecule has 3 rings (SSSR count). The van der Waals surface area contributed by atoms with Crippen molar-refractivity contribution in [2.45, 2.75) is 19.4 Å². The van der Waals surface area contributed by atoms with Crippen molar-refractivity contribution in [3.63, 3.8) is 0 Å². The number of hydrogen-bond donors (Lipinski definition) is 2. The van der Waals surface area contributed by atoms with Crippen LogP contribution in [0.2, 0.25) is 0 Å². The molecule has 1 amide bonds. The number of carbonyl (C=O) groups excluding carboxylic acids is 1. The van der Waals surface area contributed by atoms with E-state index in [4.69, 9.17) is 4.42 Å². The fraction of sp³-hybridized carbons (Fsp3) is 0.278. The largest absolute Gasteiger partial charge is 0.463 e. The number of nitrogens with zero attached hydrogens (tertiary/aromatic N) is 1. The lowest BCUT2D eigenvalue weighted by Crippen LogP contribution is -2.38. The maximum absolute atomic E-state index is 12.4. The Labute approximate surface area is 134 Å². The molecule has 0 spiro atoms. The number of hydrogen-bond acceptors (Lipinski definition) is 3. The number of fused-ring (bicyclic) bond motifs is 1. The summed E-state index contributed by atoms with van der Waals surface area (Å²) in [5.74, 6) is 0.930. The highest BCUT2D eigenvalue weighted by Crippen LogP contribution is 2.22. The molecular formula is C18H20N2O3. The van der Waals surface area contributed by atoms with E-state index in [1.54, 1.807) is 19.1 Å². The number of amides is 1. The van der Waals surface area contributed by atoms with Gasteiger partial charge in [0.1, 0.15) is 22.8 Å². The lowest BCUT2D eigenvalue weighted by Gasteiger charge is -2.21. The molecule has 1 unspecified atom stereocenters. The van der Waals surface area contributed by atoms with E-state index in [2.05, 4.69) is 5.32 Å². The number of carbonyl (C=O) groups is 1. The van der Waals surface area contributed by atoms with E-state index < -0.39 is 5.60 Å². The second kappa shape index (κ2) is 5.59. The third kappa shape index (κ3) is 2.87. The van der Waals surface area contributed by atoms with E-state index in [1.165, 1.54) is 0 Å². The normalized spacial score (nSPS) is 13.9. The van der Waals surface area contributed by atoms with Crippen LogP contribution in [-0.2, 0) is 12.6 Å². The SMILES string of the molecule is Cc1ccc(C(C)(O)CNC(=O)c2cc3ccccc3n2C)o1. The molecule has 23 heavy (non-hydrogen) atoms. The maximum Gasteiger partial charge on any atom is 0.268 e. The Hall–Kier alpha value is -2.53. The van der Waals surface area contributed by atoms with E-state index in [9.17, 15) is 9.90 Å². The van der Waals surface area contributed by atoms with Gasteiger partial charge in [-0.2, -0.15) is 0 Å². The van der Waals surface area contributed by atoms with Gasteiger partial charge in [0.05, 0.1) is 6.54 Å². The highest BCUT2D eigenvalue weighted by molar-refractivity contribution is 5.98. The van der Waals surface area contributed by atoms with Crippen molar-refractivity contribution in [1.29, 1.82) is 0 Å². The summed E-state index contributed by atoms with van der Waals surface area (Å²) >= 11 is 0. The van der Waals surface area contributed by atoms with Crippen LogP contribution < -0.4 is 5.32 Å². The number of aromatic nitrogens is 1. The van der Waals surface area contributed by atoms with E-state index in [0.717, 1.165) is 16.7 Å². The van der Waals surface area contributed by atoms with Crippen LogP contribution in [0.4, 0.5) is 0 Å². The summed E-state index contributed by atoms with van der Waals surface area (Å²) in [6, 6.07) is 13.2. The summed E-state index contributed by atoms with van der Waals surface area (Å²) in [5, 5.41) is 14.3. The van der Waals surface area contributed by atoms with Gasteiger partial charge in [0, 0.05) is 18.0 Å². The predicted octanol–water partition coefficient (Wildman–Crippen LogP) is 2.72. The number of benzene rings is 1. The highest BCUT2D eigenvalue weighted by Gasteiger charge is 2.28. The van der Waals surface area contributed by atoms with Crippen molar-refractivity contribution < 1.29 is 14.3 Å². The summed E-state index contributed by atoms with van der Waals surface area (Å²) in [6.45, 7) is 3.50. The number of para-hydroxylation sites is 1. The second-order valence-electron chi connectivity index (χ2n) is 6.01. The summed E-state index contributed by atoms with van der Waals surface area (Å²) in [5.41, 5.74) is 0.290. The molecule has 1 atom stereocenters. The van der Waals surface area contributed by atoms with Gasteiger partial charge in [-0.1, -0.05) is 18.2 Å². The van der Waals surface area contributed by atoms with Gasteiger partial charge in [0.2, 0.25) is 0 Å². The molecule has 0 radical (unpaired) electrons. The highest BCUT2D eigenvalue weighted by atomic mass is 16.4. The van der Waals surface area contributed by atoms with Gasteiger partial charge in [0.25, 0.3) is 5.91 Å². The van der Waals surface area contributed by atoms with Crippen LogP contribution in [-0.4, -0.2) is 22.1 Å². The summed E-state index contributed by atoms with van der Waals surface area (Å²) < 4.78 is 7.30. The molecule has 0 saturated heterocycles. The zero-order chi connectivity index (χ0) is 16.6. The molecule has 5 nitrogen and oxygen atoms in total. The van der Waals surface area contributed by atoms with Crippen molar-refractivity contribution in [3.05, 3.63) is 59.7 Å². The molecule has 0 aliphatic carbocycles. The first-order chi connectivity index (χ1) is 10.9. The fourth-order valence-electron chi connectivity index (χ4n) is 2.66. The minimum atomic E-state index is -1.26. The lowest BCUT2D eigenvalue weighted by atomic mass is 10.0. The Kier molecular flexibility index (Phi) is 3.74. The molecule has 0 fully saturated rings. The molecule has 0 aliphatic heterocycles. The van der Waals surface area contributed by atoms with Crippen LogP contribution in [0.25, 0.3) is 10.9 Å². The number of aryl methyl sites for hydroxylation is 2. The van der Waals surface area contributed by atoms with Crippen LogP contribution >= 0.6 is 0 Å². The molecule has 120 valence electrons. The molecule has 2 aromatic heterocycles. The lowest BCUT2D eigenvalue weighted by molar-refractivity contribution is 0.0322. The van der Waals surface area contributed by atoms with Crippen molar-refractivity contribution in [2.24, 2.45) is 7.05 Å². The molecule has 0 aliphatic rings. The van der Waals surface area contributed by atoms with Gasteiger partial charge in [-0.25, -0.2) is 0 Å². The zero-order valence-corrected chi connectivity index (χ0v) is 13.5. The Morgan fingerprint density at radius 3 is 2.70 bits per heavy atom. The third-order valence-electron chi connectivity index (χ3n) is 4.05. The summed E-state index contributed by atoms with van der Waals surface area (Å²) in [4.78, 5) is 12.4. The van der Waals surface area contributed by atoms with E-state index in [-0.39, 0.29) is 12.5 Å². The van der Waals surface area contributed by atoms with Crippen molar-refractivity contribution in [2.75, 3.05) is 6.54 Å². The summed E-state index contributed by atoms with van der Waals surface area (Å²) in [6.07, 6.45) is 0. The van der Waals surface area contributed by atoms with Gasteiger partial charge in [0.15, 0.2) is 0 Å². The third-order valence-corrected chi connectivity index (χ3v) is 4.05. The summed E-state index contributed by atoms with van der Waals surface area (Å²) in [7, 11) is 1.85. The van der Waals surface area contributed by atoms with Gasteiger partial charge < -0.3 is 19.4 Å². The van der Waals surface area contributed by atoms with Crippen LogP contribution in [0.3, 0.4) is 0 Å². The van der Waals surface area contributed by atoms with E-state index in [0.29, 0.717) is 11.5 Å². The monoisotopic (exact) mass is 312 g/mol. The number of aliphatic hydroxyl groups is 1. The number of rotatable bonds is 4. The molecule has 2 N–H and O–H groups in total. The Morgan fingerprint density at radius 1 is 1.30 bits per heavy atom. The van der Waals surface area contributed by atoms with Crippen molar-refractivity contribution in [3.8, 4) is 0 Å². The van der Waals surface area contributed by atoms with Crippen LogP contribution in [0.5, 0.6) is 0 Å². The molecular weight excluding hydrogens is 292 g/mol. The van der Waals surface area contributed by atoms with Gasteiger partial charge >= 0.3 is 0 Å². The van der Waals surface area contributed by atoms with Crippen molar-refractivity contribution in [1.82, 2.24) is 9.88 Å². The molecule has 5 heteroatoms. The average molecular weight is 312 g/mol. The quantitative estimate of drug-likeness (QED) is 0.778. The van der Waals surface area contributed by atoms with Crippen LogP contribution in [0, 0.1) is 6.92 Å². The number of furan rings is 1. The first kappa shape index (κ1) is 15.4. The Balaban J connectivity index is 1.77. The smallest absolute Gasteiger partial charge is 0.268 e. The van der Waals surface area contributed by atoms with Crippen molar-refractivity contribution >= 4 is 16.8 Å². The average Bonchev–Trinajstić information content (AvgIpc) is 3.10. The minimum Gasteiger partial charge on any atom is -0.463 e. The Morgan fingerprint density at radius 2 is 2.04 bits per heavy atom. The van der Waals surface area contributed by atoms with E-state index >= 15 is 0 Å². The second-order valence-corrected chi connectivity index (χ2v) is 6.01. The molecule has 0 bridgehead atoms. The molecule has 0 saturated carbocycles. The first-order valence-corrected chi connectivity index (χ1v) is 7.50.